The molecule has 3 heteroatoms. The van der Waals surface area contributed by atoms with E-state index in [0.717, 1.165) is 11.1 Å². The lowest BCUT2D eigenvalue weighted by Gasteiger charge is -2.30. The molecule has 0 spiro atoms. The van der Waals surface area contributed by atoms with Crippen molar-refractivity contribution in [3.8, 4) is 0 Å². The summed E-state index contributed by atoms with van der Waals surface area (Å²) in [6.07, 6.45) is 0. The Morgan fingerprint density at radius 2 is 1.67 bits per heavy atom. The van der Waals surface area contributed by atoms with Crippen LogP contribution in [0, 0.1) is 6.92 Å². The van der Waals surface area contributed by atoms with Crippen LogP contribution < -0.4 is 0 Å². The second-order valence-corrected chi connectivity index (χ2v) is 5.93. The minimum atomic E-state index is -0.343. The van der Waals surface area contributed by atoms with Crippen molar-refractivity contribution >= 4 is 23.2 Å². The highest BCUT2D eigenvalue weighted by Crippen LogP contribution is 2.29. The molecule has 0 unspecified atom stereocenters. The molecule has 0 aliphatic rings. The van der Waals surface area contributed by atoms with Crippen molar-refractivity contribution in [2.75, 3.05) is 18.4 Å². The van der Waals surface area contributed by atoms with Crippen molar-refractivity contribution in [3.63, 3.8) is 0 Å². The van der Waals surface area contributed by atoms with Gasteiger partial charge in [-0.3, -0.25) is 0 Å². The van der Waals surface area contributed by atoms with Crippen LogP contribution in [0.25, 0.3) is 0 Å². The van der Waals surface area contributed by atoms with Crippen molar-refractivity contribution in [2.24, 2.45) is 0 Å². The van der Waals surface area contributed by atoms with E-state index in [4.69, 9.17) is 27.9 Å². The first kappa shape index (κ1) is 16.4. The molecule has 0 aliphatic carbocycles. The highest BCUT2D eigenvalue weighted by molar-refractivity contribution is 6.22. The average Bonchev–Trinajstić information content (AvgIpc) is 2.53. The van der Waals surface area contributed by atoms with E-state index in [2.05, 4.69) is 37.3 Å². The minimum absolute atomic E-state index is 0.343. The standard InChI is InChI=1S/C18H20Cl2O/c1-15-6-5-9-17(10-15)18(12-19,13-20)14-21-11-16-7-3-2-4-8-16/h2-10H,11-14H2,1H3. The van der Waals surface area contributed by atoms with Crippen LogP contribution in [0.3, 0.4) is 0 Å². The number of hydrogen-bond donors (Lipinski definition) is 0. The predicted octanol–water partition coefficient (Wildman–Crippen LogP) is 4.93. The van der Waals surface area contributed by atoms with Crippen molar-refractivity contribution in [1.82, 2.24) is 0 Å². The first-order valence-corrected chi connectivity index (χ1v) is 8.08. The van der Waals surface area contributed by atoms with Crippen LogP contribution >= 0.6 is 23.2 Å². The second kappa shape index (κ2) is 7.84. The Morgan fingerprint density at radius 3 is 2.29 bits per heavy atom. The van der Waals surface area contributed by atoms with Gasteiger partial charge in [0.1, 0.15) is 0 Å². The van der Waals surface area contributed by atoms with Gasteiger partial charge in [0, 0.05) is 17.2 Å². The van der Waals surface area contributed by atoms with Crippen LogP contribution in [0.1, 0.15) is 16.7 Å². The Labute approximate surface area is 136 Å². The zero-order valence-corrected chi connectivity index (χ0v) is 13.7. The van der Waals surface area contributed by atoms with Crippen LogP contribution in [0.5, 0.6) is 0 Å². The monoisotopic (exact) mass is 322 g/mol. The topological polar surface area (TPSA) is 9.23 Å². The molecule has 0 heterocycles. The maximum Gasteiger partial charge on any atom is 0.0717 e. The normalized spacial score (nSPS) is 11.6. The van der Waals surface area contributed by atoms with Gasteiger partial charge in [-0.25, -0.2) is 0 Å². The average molecular weight is 323 g/mol. The van der Waals surface area contributed by atoms with E-state index in [1.807, 2.05) is 24.3 Å². The van der Waals surface area contributed by atoms with Gasteiger partial charge in [0.25, 0.3) is 0 Å². The summed E-state index contributed by atoms with van der Waals surface area (Å²) < 4.78 is 5.89. The highest BCUT2D eigenvalue weighted by Gasteiger charge is 2.31. The van der Waals surface area contributed by atoms with Crippen molar-refractivity contribution < 1.29 is 4.74 Å². The summed E-state index contributed by atoms with van der Waals surface area (Å²) in [5.41, 5.74) is 3.15. The Balaban J connectivity index is 2.08. The van der Waals surface area contributed by atoms with Crippen molar-refractivity contribution in [2.45, 2.75) is 18.9 Å². The lowest BCUT2D eigenvalue weighted by Crippen LogP contribution is -2.36. The molecule has 112 valence electrons. The summed E-state index contributed by atoms with van der Waals surface area (Å²) in [4.78, 5) is 0. The quantitative estimate of drug-likeness (QED) is 0.657. The van der Waals surface area contributed by atoms with E-state index in [0.29, 0.717) is 25.0 Å². The molecule has 0 atom stereocenters. The third-order valence-corrected chi connectivity index (χ3v) is 4.66. The van der Waals surface area contributed by atoms with Gasteiger partial charge >= 0.3 is 0 Å². The fourth-order valence-corrected chi connectivity index (χ4v) is 3.01. The number of aryl methyl sites for hydroxylation is 1. The van der Waals surface area contributed by atoms with E-state index in [1.165, 1.54) is 5.56 Å². The lowest BCUT2D eigenvalue weighted by molar-refractivity contribution is 0.0846. The van der Waals surface area contributed by atoms with Crippen molar-refractivity contribution in [3.05, 3.63) is 71.3 Å². The maximum absolute atomic E-state index is 6.23. The van der Waals surface area contributed by atoms with Crippen molar-refractivity contribution in [1.29, 1.82) is 0 Å². The molecular formula is C18H20Cl2O. The molecule has 2 rings (SSSR count). The van der Waals surface area contributed by atoms with Crippen LogP contribution in [0.4, 0.5) is 0 Å². The molecule has 0 amide bonds. The SMILES string of the molecule is Cc1cccc(C(CCl)(CCl)COCc2ccccc2)c1. The first-order valence-electron chi connectivity index (χ1n) is 7.01. The predicted molar refractivity (Wildman–Crippen MR) is 90.4 cm³/mol. The fourth-order valence-electron chi connectivity index (χ4n) is 2.26. The Morgan fingerprint density at radius 1 is 0.952 bits per heavy atom. The molecule has 2 aromatic carbocycles. The molecule has 0 fully saturated rings. The second-order valence-electron chi connectivity index (χ2n) is 5.40. The first-order chi connectivity index (χ1) is 10.2. The molecule has 21 heavy (non-hydrogen) atoms. The largest absolute Gasteiger partial charge is 0.376 e. The number of rotatable bonds is 7. The molecule has 1 nitrogen and oxygen atoms in total. The third kappa shape index (κ3) is 4.23. The molecule has 0 N–H and O–H groups in total. The lowest BCUT2D eigenvalue weighted by atomic mass is 9.84. The molecular weight excluding hydrogens is 303 g/mol. The van der Waals surface area contributed by atoms with E-state index in [9.17, 15) is 0 Å². The Kier molecular flexibility index (Phi) is 6.10. The summed E-state index contributed by atoms with van der Waals surface area (Å²) in [6.45, 7) is 3.15. The minimum Gasteiger partial charge on any atom is -0.376 e. The van der Waals surface area contributed by atoms with Crippen LogP contribution in [-0.4, -0.2) is 18.4 Å². The number of benzene rings is 2. The van der Waals surface area contributed by atoms with Crippen LogP contribution in [0.2, 0.25) is 0 Å². The summed E-state index contributed by atoms with van der Waals surface area (Å²) >= 11 is 12.5. The van der Waals surface area contributed by atoms with Gasteiger partial charge in [0.2, 0.25) is 0 Å². The van der Waals surface area contributed by atoms with Gasteiger partial charge in [-0.05, 0) is 18.1 Å². The van der Waals surface area contributed by atoms with Crippen LogP contribution in [0.15, 0.2) is 54.6 Å². The Bertz CT molecular complexity index is 550. The van der Waals surface area contributed by atoms with Gasteiger partial charge in [-0.2, -0.15) is 0 Å². The zero-order chi connectivity index (χ0) is 15.1. The van der Waals surface area contributed by atoms with Gasteiger partial charge in [-0.15, -0.1) is 23.2 Å². The Hall–Kier alpha value is -1.02. The van der Waals surface area contributed by atoms with Gasteiger partial charge < -0.3 is 4.74 Å². The van der Waals surface area contributed by atoms with Crippen LogP contribution in [-0.2, 0) is 16.8 Å². The molecule has 0 bridgehead atoms. The van der Waals surface area contributed by atoms with E-state index >= 15 is 0 Å². The molecule has 0 aliphatic heterocycles. The summed E-state index contributed by atoms with van der Waals surface area (Å²) in [5, 5.41) is 0. The van der Waals surface area contributed by atoms with E-state index in [1.54, 1.807) is 0 Å². The van der Waals surface area contributed by atoms with Gasteiger partial charge in [0.15, 0.2) is 0 Å². The third-order valence-electron chi connectivity index (χ3n) is 3.63. The highest BCUT2D eigenvalue weighted by atomic mass is 35.5. The number of ether oxygens (including phenoxy) is 1. The van der Waals surface area contributed by atoms with E-state index < -0.39 is 0 Å². The van der Waals surface area contributed by atoms with Gasteiger partial charge in [-0.1, -0.05) is 60.2 Å². The smallest absolute Gasteiger partial charge is 0.0717 e. The number of hydrogen-bond acceptors (Lipinski definition) is 1. The van der Waals surface area contributed by atoms with Gasteiger partial charge in [0.05, 0.1) is 13.2 Å². The van der Waals surface area contributed by atoms with E-state index in [-0.39, 0.29) is 5.41 Å². The fraction of sp³-hybridized carbons (Fsp3) is 0.333. The number of alkyl halides is 2. The molecule has 0 saturated carbocycles. The molecule has 0 saturated heterocycles. The molecule has 2 aromatic rings. The molecule has 0 aromatic heterocycles. The number of halogens is 2. The summed E-state index contributed by atoms with van der Waals surface area (Å²) in [7, 11) is 0. The summed E-state index contributed by atoms with van der Waals surface area (Å²) in [6, 6.07) is 18.4. The molecule has 0 radical (unpaired) electrons. The maximum atomic E-state index is 6.23. The zero-order valence-electron chi connectivity index (χ0n) is 12.2. The summed E-state index contributed by atoms with van der Waals surface area (Å²) in [5.74, 6) is 0.878.